The highest BCUT2D eigenvalue weighted by Crippen LogP contribution is 2.21. The van der Waals surface area contributed by atoms with Crippen LogP contribution in [0.5, 0.6) is 0 Å². The highest BCUT2D eigenvalue weighted by molar-refractivity contribution is 7.80. The molecule has 3 nitrogen and oxygen atoms in total. The van der Waals surface area contributed by atoms with Gasteiger partial charge in [-0.25, -0.2) is 0 Å². The molecule has 0 spiro atoms. The number of nitrogens with two attached hydrogens (primary N) is 1. The highest BCUT2D eigenvalue weighted by Gasteiger charge is 2.26. The molecular formula is C9H18N2OS. The van der Waals surface area contributed by atoms with Crippen LogP contribution in [0.1, 0.15) is 25.7 Å². The maximum absolute atomic E-state index is 9.73. The van der Waals surface area contributed by atoms with Crippen molar-refractivity contribution >= 4 is 17.2 Å². The third-order valence-corrected chi connectivity index (χ3v) is 2.79. The zero-order valence-electron chi connectivity index (χ0n) is 8.07. The lowest BCUT2D eigenvalue weighted by Gasteiger charge is -2.34. The molecule has 0 bridgehead atoms. The van der Waals surface area contributed by atoms with Gasteiger partial charge in [-0.05, 0) is 19.9 Å². The molecule has 0 aromatic heterocycles. The maximum Gasteiger partial charge on any atom is 0.0870 e. The molecule has 1 fully saturated rings. The minimum atomic E-state index is -0.201. The van der Waals surface area contributed by atoms with Gasteiger partial charge in [-0.1, -0.05) is 25.1 Å². The number of hydrogen-bond acceptors (Lipinski definition) is 3. The number of hydrogen-bond donors (Lipinski definition) is 2. The Morgan fingerprint density at radius 1 is 1.54 bits per heavy atom. The van der Waals surface area contributed by atoms with Crippen LogP contribution in [-0.4, -0.2) is 40.7 Å². The average molecular weight is 202 g/mol. The topological polar surface area (TPSA) is 49.5 Å². The summed E-state index contributed by atoms with van der Waals surface area (Å²) in [5.74, 6) is 0. The maximum atomic E-state index is 9.73. The summed E-state index contributed by atoms with van der Waals surface area (Å²) in [4.78, 5) is 2.56. The van der Waals surface area contributed by atoms with Crippen LogP contribution >= 0.6 is 12.2 Å². The van der Waals surface area contributed by atoms with Gasteiger partial charge in [-0.15, -0.1) is 0 Å². The Bertz CT molecular complexity index is 186. The first-order valence-electron chi connectivity index (χ1n) is 4.78. The first-order chi connectivity index (χ1) is 6.11. The fraction of sp³-hybridized carbons (Fsp3) is 0.889. The van der Waals surface area contributed by atoms with Crippen LogP contribution in [0.25, 0.3) is 0 Å². The summed E-state index contributed by atoms with van der Waals surface area (Å²) in [6.07, 6.45) is 4.10. The lowest BCUT2D eigenvalue weighted by atomic mass is 9.92. The zero-order valence-corrected chi connectivity index (χ0v) is 8.89. The fourth-order valence-electron chi connectivity index (χ4n) is 1.97. The highest BCUT2D eigenvalue weighted by atomic mass is 32.1. The first-order valence-corrected chi connectivity index (χ1v) is 5.18. The predicted molar refractivity (Wildman–Crippen MR) is 57.7 cm³/mol. The molecule has 0 aromatic carbocycles. The second kappa shape index (κ2) is 4.88. The molecule has 4 heteroatoms. The summed E-state index contributed by atoms with van der Waals surface area (Å²) in [6, 6.07) is 0.246. The van der Waals surface area contributed by atoms with Crippen LogP contribution in [0.2, 0.25) is 0 Å². The SMILES string of the molecule is CN(CC(N)=S)C1CCCCC1O. The molecule has 1 aliphatic carbocycles. The summed E-state index contributed by atoms with van der Waals surface area (Å²) in [5.41, 5.74) is 5.45. The van der Waals surface area contributed by atoms with E-state index in [1.807, 2.05) is 7.05 Å². The van der Waals surface area contributed by atoms with Crippen molar-refractivity contribution in [2.24, 2.45) is 5.73 Å². The third-order valence-electron chi connectivity index (χ3n) is 2.67. The predicted octanol–water partition coefficient (Wildman–Crippen LogP) is 0.508. The van der Waals surface area contributed by atoms with Crippen LogP contribution in [0, 0.1) is 0 Å². The molecule has 0 radical (unpaired) electrons. The van der Waals surface area contributed by atoms with Crippen molar-refractivity contribution in [3.8, 4) is 0 Å². The van der Waals surface area contributed by atoms with E-state index in [1.165, 1.54) is 6.42 Å². The van der Waals surface area contributed by atoms with Gasteiger partial charge in [0.05, 0.1) is 11.1 Å². The van der Waals surface area contributed by atoms with Crippen LogP contribution in [0.3, 0.4) is 0 Å². The van der Waals surface area contributed by atoms with E-state index in [4.69, 9.17) is 18.0 Å². The lowest BCUT2D eigenvalue weighted by molar-refractivity contribution is 0.0391. The van der Waals surface area contributed by atoms with Gasteiger partial charge in [-0.2, -0.15) is 0 Å². The van der Waals surface area contributed by atoms with Crippen LogP contribution < -0.4 is 5.73 Å². The molecule has 2 atom stereocenters. The van der Waals surface area contributed by atoms with Crippen molar-refractivity contribution < 1.29 is 5.11 Å². The van der Waals surface area contributed by atoms with E-state index in [0.717, 1.165) is 19.3 Å². The Kier molecular flexibility index (Phi) is 4.09. The Balaban J connectivity index is 2.43. The summed E-state index contributed by atoms with van der Waals surface area (Å²) in [6.45, 7) is 0.608. The minimum absolute atomic E-state index is 0.201. The Morgan fingerprint density at radius 3 is 2.69 bits per heavy atom. The second-order valence-electron chi connectivity index (χ2n) is 3.80. The van der Waals surface area contributed by atoms with Gasteiger partial charge in [0, 0.05) is 12.6 Å². The lowest BCUT2D eigenvalue weighted by Crippen LogP contribution is -2.46. The molecule has 0 aromatic rings. The van der Waals surface area contributed by atoms with E-state index in [9.17, 15) is 5.11 Å². The summed E-state index contributed by atoms with van der Waals surface area (Å²) in [5, 5.41) is 9.73. The molecule has 13 heavy (non-hydrogen) atoms. The van der Waals surface area contributed by atoms with Gasteiger partial charge in [0.25, 0.3) is 0 Å². The molecule has 1 saturated carbocycles. The van der Waals surface area contributed by atoms with Crippen molar-refractivity contribution in [1.82, 2.24) is 4.90 Å². The molecule has 2 unspecified atom stereocenters. The van der Waals surface area contributed by atoms with Crippen LogP contribution in [0.4, 0.5) is 0 Å². The average Bonchev–Trinajstić information content (AvgIpc) is 2.03. The third kappa shape index (κ3) is 3.21. The number of rotatable bonds is 3. The Labute approximate surface area is 84.9 Å². The van der Waals surface area contributed by atoms with Gasteiger partial charge >= 0.3 is 0 Å². The summed E-state index contributed by atoms with van der Waals surface area (Å²) >= 11 is 4.83. The molecule has 1 aliphatic rings. The van der Waals surface area contributed by atoms with Crippen LogP contribution in [-0.2, 0) is 0 Å². The smallest absolute Gasteiger partial charge is 0.0870 e. The molecule has 0 aliphatic heterocycles. The largest absolute Gasteiger partial charge is 0.392 e. The quantitative estimate of drug-likeness (QED) is 0.655. The molecule has 0 heterocycles. The molecule has 0 saturated heterocycles. The number of likely N-dealkylation sites (N-methyl/N-ethyl adjacent to an activating group) is 1. The van der Waals surface area contributed by atoms with E-state index in [1.54, 1.807) is 0 Å². The number of nitrogens with zero attached hydrogens (tertiary/aromatic N) is 1. The molecule has 3 N–H and O–H groups in total. The zero-order chi connectivity index (χ0) is 9.84. The van der Waals surface area contributed by atoms with E-state index < -0.39 is 0 Å². The summed E-state index contributed by atoms with van der Waals surface area (Å²) in [7, 11) is 1.97. The van der Waals surface area contributed by atoms with E-state index in [0.29, 0.717) is 11.5 Å². The van der Waals surface area contributed by atoms with Crippen molar-refractivity contribution in [2.75, 3.05) is 13.6 Å². The van der Waals surface area contributed by atoms with E-state index in [-0.39, 0.29) is 12.1 Å². The van der Waals surface area contributed by atoms with Gasteiger partial charge in [0.15, 0.2) is 0 Å². The molecule has 0 amide bonds. The van der Waals surface area contributed by atoms with E-state index in [2.05, 4.69) is 4.90 Å². The first kappa shape index (κ1) is 10.9. The van der Waals surface area contributed by atoms with Gasteiger partial charge in [0.1, 0.15) is 0 Å². The van der Waals surface area contributed by atoms with Crippen molar-refractivity contribution in [2.45, 2.75) is 37.8 Å². The minimum Gasteiger partial charge on any atom is -0.392 e. The molecule has 1 rings (SSSR count). The van der Waals surface area contributed by atoms with Crippen molar-refractivity contribution in [3.63, 3.8) is 0 Å². The number of aliphatic hydroxyl groups excluding tert-OH is 1. The number of thiocarbonyl (C=S) groups is 1. The standard InChI is InChI=1S/C9H18N2OS/c1-11(6-9(10)13)7-4-2-3-5-8(7)12/h7-8,12H,2-6H2,1H3,(H2,10,13). The number of aliphatic hydroxyl groups is 1. The normalized spacial score (nSPS) is 29.2. The monoisotopic (exact) mass is 202 g/mol. The summed E-state index contributed by atoms with van der Waals surface area (Å²) < 4.78 is 0. The Hall–Kier alpha value is -0.190. The van der Waals surface area contributed by atoms with Crippen molar-refractivity contribution in [3.05, 3.63) is 0 Å². The van der Waals surface area contributed by atoms with Crippen molar-refractivity contribution in [1.29, 1.82) is 0 Å². The van der Waals surface area contributed by atoms with Crippen LogP contribution in [0.15, 0.2) is 0 Å². The Morgan fingerprint density at radius 2 is 2.15 bits per heavy atom. The van der Waals surface area contributed by atoms with Gasteiger partial charge in [0.2, 0.25) is 0 Å². The molecule has 76 valence electrons. The second-order valence-corrected chi connectivity index (χ2v) is 4.32. The van der Waals surface area contributed by atoms with E-state index >= 15 is 0 Å². The van der Waals surface area contributed by atoms with Gasteiger partial charge < -0.3 is 10.8 Å². The fourth-order valence-corrected chi connectivity index (χ4v) is 2.17. The molecular weight excluding hydrogens is 184 g/mol. The van der Waals surface area contributed by atoms with Gasteiger partial charge in [-0.3, -0.25) is 4.90 Å².